The lowest BCUT2D eigenvalue weighted by molar-refractivity contribution is 0.0398. The van der Waals surface area contributed by atoms with Crippen molar-refractivity contribution in [3.63, 3.8) is 0 Å². The Balaban J connectivity index is 1.49. The van der Waals surface area contributed by atoms with Gasteiger partial charge in [0.25, 0.3) is 5.56 Å². The van der Waals surface area contributed by atoms with Gasteiger partial charge >= 0.3 is 0 Å². The number of hydrogen-bond acceptors (Lipinski definition) is 6. The van der Waals surface area contributed by atoms with E-state index in [0.29, 0.717) is 12.5 Å². The van der Waals surface area contributed by atoms with Crippen molar-refractivity contribution in [2.75, 3.05) is 44.7 Å². The summed E-state index contributed by atoms with van der Waals surface area (Å²) in [5, 5.41) is 4.34. The second-order valence-electron chi connectivity index (χ2n) is 8.44. The first kappa shape index (κ1) is 20.7. The number of nitrogens with zero attached hydrogens (tertiary/aromatic N) is 3. The minimum Gasteiger partial charge on any atom is -0.379 e. The normalized spacial score (nSPS) is 17.4. The van der Waals surface area contributed by atoms with E-state index in [4.69, 9.17) is 9.72 Å². The van der Waals surface area contributed by atoms with Crippen molar-refractivity contribution in [3.8, 4) is 0 Å². The molecule has 0 unspecified atom stereocenters. The Hall–Kier alpha value is -2.22. The van der Waals surface area contributed by atoms with Crippen molar-refractivity contribution in [2.24, 2.45) is 0 Å². The van der Waals surface area contributed by atoms with Crippen molar-refractivity contribution in [3.05, 3.63) is 56.7 Å². The summed E-state index contributed by atoms with van der Waals surface area (Å²) in [5.41, 5.74) is 2.47. The van der Waals surface area contributed by atoms with Crippen LogP contribution >= 0.6 is 11.3 Å². The summed E-state index contributed by atoms with van der Waals surface area (Å²) in [6, 6.07) is 10.2. The quantitative estimate of drug-likeness (QED) is 0.597. The Labute approximate surface area is 186 Å². The highest BCUT2D eigenvalue weighted by Gasteiger charge is 2.21. The largest absolute Gasteiger partial charge is 0.379 e. The number of aryl methyl sites for hydroxylation is 2. The number of morpholine rings is 1. The van der Waals surface area contributed by atoms with Gasteiger partial charge < -0.3 is 10.1 Å². The van der Waals surface area contributed by atoms with Crippen molar-refractivity contribution in [2.45, 2.75) is 38.6 Å². The zero-order valence-corrected chi connectivity index (χ0v) is 18.8. The van der Waals surface area contributed by atoms with Gasteiger partial charge in [-0.05, 0) is 36.8 Å². The number of aromatic nitrogens is 2. The fourth-order valence-corrected chi connectivity index (χ4v) is 5.87. The van der Waals surface area contributed by atoms with Gasteiger partial charge in [0.15, 0.2) is 0 Å². The average Bonchev–Trinajstić information content (AvgIpc) is 2.99. The molecule has 2 aliphatic rings. The molecular formula is C24H30N4O2S. The van der Waals surface area contributed by atoms with Gasteiger partial charge in [0.05, 0.1) is 25.1 Å². The Morgan fingerprint density at radius 3 is 2.71 bits per heavy atom. The van der Waals surface area contributed by atoms with E-state index < -0.39 is 0 Å². The van der Waals surface area contributed by atoms with Gasteiger partial charge in [-0.1, -0.05) is 36.8 Å². The van der Waals surface area contributed by atoms with Crippen LogP contribution in [-0.4, -0.2) is 53.8 Å². The summed E-state index contributed by atoms with van der Waals surface area (Å²) in [6.45, 7) is 5.73. The molecule has 0 spiro atoms. The average molecular weight is 439 g/mol. The molecule has 0 atom stereocenters. The second kappa shape index (κ2) is 9.51. The van der Waals surface area contributed by atoms with E-state index in [1.165, 1.54) is 23.3 Å². The number of thiophene rings is 1. The number of ether oxygens (including phenoxy) is 1. The molecule has 1 N–H and O–H groups in total. The topological polar surface area (TPSA) is 59.4 Å². The molecule has 0 bridgehead atoms. The molecule has 1 fully saturated rings. The lowest BCUT2D eigenvalue weighted by Gasteiger charge is -2.26. The Morgan fingerprint density at radius 1 is 1.06 bits per heavy atom. The molecule has 1 saturated heterocycles. The number of hydrogen-bond donors (Lipinski definition) is 1. The molecule has 0 radical (unpaired) electrons. The zero-order valence-electron chi connectivity index (χ0n) is 17.9. The van der Waals surface area contributed by atoms with Gasteiger partial charge in [-0.25, -0.2) is 4.98 Å². The van der Waals surface area contributed by atoms with Crippen molar-refractivity contribution in [1.29, 1.82) is 0 Å². The standard InChI is InChI=1S/C24H30N4O2S/c29-23-21-19-9-5-2-6-10-20(19)31-22(21)26-24(25-11-12-27-13-15-30-16-14-27)28(23)17-18-7-3-1-4-8-18/h1,3-4,7-8H,2,5-6,9-17H2,(H,25,26). The zero-order chi connectivity index (χ0) is 21.0. The van der Waals surface area contributed by atoms with Crippen molar-refractivity contribution < 1.29 is 4.74 Å². The SMILES string of the molecule is O=c1c2c3c(sc2nc(NCCN2CCOCC2)n1Cc1ccccc1)CCCCC3. The molecule has 6 nitrogen and oxygen atoms in total. The van der Waals surface area contributed by atoms with E-state index in [2.05, 4.69) is 22.3 Å². The van der Waals surface area contributed by atoms with E-state index >= 15 is 0 Å². The molecule has 0 saturated carbocycles. The molecule has 3 aromatic rings. The van der Waals surface area contributed by atoms with Gasteiger partial charge in [-0.2, -0.15) is 0 Å². The van der Waals surface area contributed by atoms with Crippen LogP contribution in [0.15, 0.2) is 35.1 Å². The van der Waals surface area contributed by atoms with E-state index in [1.807, 2.05) is 22.8 Å². The summed E-state index contributed by atoms with van der Waals surface area (Å²) in [4.78, 5) is 23.4. The van der Waals surface area contributed by atoms with Crippen LogP contribution in [0.1, 0.15) is 35.3 Å². The number of nitrogens with one attached hydrogen (secondary N) is 1. The Kier molecular flexibility index (Phi) is 6.34. The number of anilines is 1. The lowest BCUT2D eigenvalue weighted by atomic mass is 10.1. The van der Waals surface area contributed by atoms with Crippen LogP contribution in [0.25, 0.3) is 10.2 Å². The molecule has 0 amide bonds. The van der Waals surface area contributed by atoms with Gasteiger partial charge in [0, 0.05) is 31.1 Å². The first-order chi connectivity index (χ1) is 15.3. The van der Waals surface area contributed by atoms with Gasteiger partial charge in [-0.3, -0.25) is 14.3 Å². The lowest BCUT2D eigenvalue weighted by Crippen LogP contribution is -2.39. The minimum atomic E-state index is 0.0992. The first-order valence-electron chi connectivity index (χ1n) is 11.4. The fraction of sp³-hybridized carbons (Fsp3) is 0.500. The summed E-state index contributed by atoms with van der Waals surface area (Å²) in [5.74, 6) is 0.686. The van der Waals surface area contributed by atoms with E-state index in [0.717, 1.165) is 74.4 Å². The summed E-state index contributed by atoms with van der Waals surface area (Å²) in [7, 11) is 0. The molecular weight excluding hydrogens is 408 g/mol. The van der Waals surface area contributed by atoms with E-state index in [9.17, 15) is 4.79 Å². The van der Waals surface area contributed by atoms with E-state index in [1.54, 1.807) is 11.3 Å². The maximum absolute atomic E-state index is 13.7. The highest BCUT2D eigenvalue weighted by Crippen LogP contribution is 2.33. The molecule has 1 aliphatic heterocycles. The van der Waals surface area contributed by atoms with Crippen LogP contribution in [0.5, 0.6) is 0 Å². The molecule has 164 valence electrons. The van der Waals surface area contributed by atoms with Crippen LogP contribution in [0.2, 0.25) is 0 Å². The molecule has 7 heteroatoms. The van der Waals surface area contributed by atoms with Crippen LogP contribution in [0.3, 0.4) is 0 Å². The predicted octanol–water partition coefficient (Wildman–Crippen LogP) is 3.52. The van der Waals surface area contributed by atoms with Crippen LogP contribution < -0.4 is 10.9 Å². The number of fused-ring (bicyclic) bond motifs is 3. The van der Waals surface area contributed by atoms with Gasteiger partial charge in [-0.15, -0.1) is 11.3 Å². The number of rotatable bonds is 6. The molecule has 31 heavy (non-hydrogen) atoms. The third-order valence-corrected chi connectivity index (χ3v) is 7.51. The minimum absolute atomic E-state index is 0.0992. The molecule has 1 aromatic carbocycles. The highest BCUT2D eigenvalue weighted by molar-refractivity contribution is 7.18. The molecule has 3 heterocycles. The highest BCUT2D eigenvalue weighted by atomic mass is 32.1. The summed E-state index contributed by atoms with van der Waals surface area (Å²) < 4.78 is 7.29. The molecule has 5 rings (SSSR count). The van der Waals surface area contributed by atoms with Crippen LogP contribution in [-0.2, 0) is 24.1 Å². The monoisotopic (exact) mass is 438 g/mol. The fourth-order valence-electron chi connectivity index (χ4n) is 4.61. The van der Waals surface area contributed by atoms with Crippen molar-refractivity contribution in [1.82, 2.24) is 14.5 Å². The smallest absolute Gasteiger partial charge is 0.264 e. The maximum Gasteiger partial charge on any atom is 0.264 e. The van der Waals surface area contributed by atoms with Crippen LogP contribution in [0, 0.1) is 0 Å². The molecule has 2 aromatic heterocycles. The van der Waals surface area contributed by atoms with E-state index in [-0.39, 0.29) is 5.56 Å². The first-order valence-corrected chi connectivity index (χ1v) is 12.2. The van der Waals surface area contributed by atoms with Crippen molar-refractivity contribution >= 4 is 27.5 Å². The predicted molar refractivity (Wildman–Crippen MR) is 126 cm³/mol. The Bertz CT molecular complexity index is 1090. The number of benzene rings is 1. The molecule has 1 aliphatic carbocycles. The second-order valence-corrected chi connectivity index (χ2v) is 9.52. The summed E-state index contributed by atoms with van der Waals surface area (Å²) in [6.07, 6.45) is 5.70. The Morgan fingerprint density at radius 2 is 1.87 bits per heavy atom. The van der Waals surface area contributed by atoms with Crippen LogP contribution in [0.4, 0.5) is 5.95 Å². The third-order valence-electron chi connectivity index (χ3n) is 6.32. The van der Waals surface area contributed by atoms with Gasteiger partial charge in [0.1, 0.15) is 4.83 Å². The summed E-state index contributed by atoms with van der Waals surface area (Å²) >= 11 is 1.73. The maximum atomic E-state index is 13.7. The van der Waals surface area contributed by atoms with Gasteiger partial charge in [0.2, 0.25) is 5.95 Å². The third kappa shape index (κ3) is 4.54.